The van der Waals surface area contributed by atoms with Gasteiger partial charge in [0.15, 0.2) is 0 Å². The van der Waals surface area contributed by atoms with Crippen molar-refractivity contribution in [3.8, 4) is 22.9 Å². The van der Waals surface area contributed by atoms with Crippen molar-refractivity contribution < 1.29 is 9.47 Å². The smallest absolute Gasteiger partial charge is 0.261 e. The van der Waals surface area contributed by atoms with Crippen molar-refractivity contribution in [3.05, 3.63) is 87.7 Å². The monoisotopic (exact) mass is 434 g/mol. The minimum atomic E-state index is -0.0564. The molecule has 31 heavy (non-hydrogen) atoms. The number of hydrogen-bond acceptors (Lipinski definition) is 4. The lowest BCUT2D eigenvalue weighted by molar-refractivity contribution is 0.299. The molecule has 0 bridgehead atoms. The van der Waals surface area contributed by atoms with Gasteiger partial charge in [-0.15, -0.1) is 0 Å². The number of halogens is 1. The Bertz CT molecular complexity index is 1270. The highest BCUT2D eigenvalue weighted by Gasteiger charge is 2.13. The maximum Gasteiger partial charge on any atom is 0.261 e. The molecule has 3 aromatic carbocycles. The number of aryl methyl sites for hydroxylation is 1. The number of hydrogen-bond donors (Lipinski definition) is 0. The Balaban J connectivity index is 1.61. The molecule has 0 aliphatic carbocycles. The molecule has 5 nitrogen and oxygen atoms in total. The summed E-state index contributed by atoms with van der Waals surface area (Å²) in [6.07, 6.45) is 0.658. The molecule has 0 atom stereocenters. The number of fused-ring (bicyclic) bond motifs is 1. The third kappa shape index (κ3) is 4.57. The number of methoxy groups -OCH3 is 1. The highest BCUT2D eigenvalue weighted by Crippen LogP contribution is 2.23. The first kappa shape index (κ1) is 20.9. The van der Waals surface area contributed by atoms with Crippen molar-refractivity contribution in [1.82, 2.24) is 9.55 Å². The van der Waals surface area contributed by atoms with Gasteiger partial charge in [-0.3, -0.25) is 9.36 Å². The summed E-state index contributed by atoms with van der Waals surface area (Å²) in [5.74, 6) is 2.18. The zero-order chi connectivity index (χ0) is 21.8. The van der Waals surface area contributed by atoms with E-state index in [1.165, 1.54) is 0 Å². The summed E-state index contributed by atoms with van der Waals surface area (Å²) in [5, 5.41) is 1.29. The molecule has 0 aliphatic rings. The van der Waals surface area contributed by atoms with E-state index in [4.69, 9.17) is 26.1 Å². The van der Waals surface area contributed by atoms with Crippen LogP contribution in [0.25, 0.3) is 22.3 Å². The summed E-state index contributed by atoms with van der Waals surface area (Å²) in [7, 11) is 1.63. The second-order valence-corrected chi connectivity index (χ2v) is 7.69. The zero-order valence-electron chi connectivity index (χ0n) is 17.5. The first-order valence-electron chi connectivity index (χ1n) is 10.1. The van der Waals surface area contributed by atoms with E-state index in [-0.39, 0.29) is 5.56 Å². The van der Waals surface area contributed by atoms with Crippen LogP contribution < -0.4 is 15.0 Å². The predicted molar refractivity (Wildman–Crippen MR) is 124 cm³/mol. The van der Waals surface area contributed by atoms with Gasteiger partial charge in [-0.2, -0.15) is 0 Å². The normalized spacial score (nSPS) is 10.9. The number of benzene rings is 3. The average molecular weight is 435 g/mol. The van der Waals surface area contributed by atoms with Gasteiger partial charge in [-0.05, 0) is 73.5 Å². The summed E-state index contributed by atoms with van der Waals surface area (Å²) >= 11 is 6.01. The molecule has 0 saturated heterocycles. The van der Waals surface area contributed by atoms with Crippen molar-refractivity contribution in [2.75, 3.05) is 13.7 Å². The highest BCUT2D eigenvalue weighted by atomic mass is 35.5. The van der Waals surface area contributed by atoms with Crippen LogP contribution in [0, 0.1) is 6.92 Å². The Labute approximate surface area is 185 Å². The maximum absolute atomic E-state index is 13.2. The van der Waals surface area contributed by atoms with Crippen LogP contribution in [0.15, 0.2) is 71.5 Å². The second kappa shape index (κ2) is 9.23. The van der Waals surface area contributed by atoms with Crippen LogP contribution in [0.4, 0.5) is 0 Å². The topological polar surface area (TPSA) is 53.3 Å². The SMILES string of the molecule is COc1ccc(-c2nc3ccccc3c(=O)n2CCCOc2ccc(Cl)cc2C)cc1. The zero-order valence-corrected chi connectivity index (χ0v) is 18.2. The Kier molecular flexibility index (Phi) is 6.23. The molecule has 0 fully saturated rings. The van der Waals surface area contributed by atoms with Crippen molar-refractivity contribution >= 4 is 22.5 Å². The Hall–Kier alpha value is -3.31. The second-order valence-electron chi connectivity index (χ2n) is 7.25. The van der Waals surface area contributed by atoms with E-state index in [1.807, 2.05) is 73.7 Å². The Morgan fingerprint density at radius 1 is 1.03 bits per heavy atom. The van der Waals surface area contributed by atoms with Gasteiger partial charge in [0.25, 0.3) is 5.56 Å². The molecule has 0 N–H and O–H groups in total. The van der Waals surface area contributed by atoms with E-state index < -0.39 is 0 Å². The number of nitrogens with zero attached hydrogens (tertiary/aromatic N) is 2. The van der Waals surface area contributed by atoms with E-state index in [2.05, 4.69) is 0 Å². The molecule has 0 spiro atoms. The lowest BCUT2D eigenvalue weighted by atomic mass is 10.1. The third-order valence-electron chi connectivity index (χ3n) is 5.13. The molecule has 0 radical (unpaired) electrons. The molecule has 4 aromatic rings. The number of para-hydroxylation sites is 1. The fraction of sp³-hybridized carbons (Fsp3) is 0.200. The molecule has 6 heteroatoms. The van der Waals surface area contributed by atoms with E-state index in [0.29, 0.717) is 41.3 Å². The van der Waals surface area contributed by atoms with Crippen LogP contribution >= 0.6 is 11.6 Å². The predicted octanol–water partition coefficient (Wildman–Crippen LogP) is 5.50. The van der Waals surface area contributed by atoms with Gasteiger partial charge in [0.1, 0.15) is 17.3 Å². The summed E-state index contributed by atoms with van der Waals surface area (Å²) in [4.78, 5) is 18.0. The van der Waals surface area contributed by atoms with Crippen LogP contribution in [-0.2, 0) is 6.54 Å². The quantitative estimate of drug-likeness (QED) is 0.360. The molecule has 0 amide bonds. The van der Waals surface area contributed by atoms with Gasteiger partial charge in [-0.1, -0.05) is 23.7 Å². The van der Waals surface area contributed by atoms with E-state index in [0.717, 1.165) is 22.6 Å². The lowest BCUT2D eigenvalue weighted by Gasteiger charge is -2.15. The standard InChI is InChI=1S/C25H23ClN2O3/c1-17-16-19(26)10-13-23(17)31-15-5-14-28-24(18-8-11-20(30-2)12-9-18)27-22-7-4-3-6-21(22)25(28)29/h3-4,6-13,16H,5,14-15H2,1-2H3. The molecular formula is C25H23ClN2O3. The van der Waals surface area contributed by atoms with Gasteiger partial charge in [0.05, 0.1) is 24.6 Å². The summed E-state index contributed by atoms with van der Waals surface area (Å²) in [6.45, 7) is 2.93. The van der Waals surface area contributed by atoms with Crippen molar-refractivity contribution in [2.24, 2.45) is 0 Å². The summed E-state index contributed by atoms with van der Waals surface area (Å²) in [5.41, 5.74) is 2.47. The molecule has 158 valence electrons. The van der Waals surface area contributed by atoms with Crippen LogP contribution in [0.2, 0.25) is 5.02 Å². The lowest BCUT2D eigenvalue weighted by Crippen LogP contribution is -2.24. The van der Waals surface area contributed by atoms with Gasteiger partial charge >= 0.3 is 0 Å². The molecular weight excluding hydrogens is 412 g/mol. The third-order valence-corrected chi connectivity index (χ3v) is 5.37. The molecule has 1 heterocycles. The number of ether oxygens (including phenoxy) is 2. The van der Waals surface area contributed by atoms with Crippen molar-refractivity contribution in [3.63, 3.8) is 0 Å². The van der Waals surface area contributed by atoms with Crippen LogP contribution in [0.5, 0.6) is 11.5 Å². The molecule has 1 aromatic heterocycles. The first-order valence-corrected chi connectivity index (χ1v) is 10.5. The van der Waals surface area contributed by atoms with Gasteiger partial charge < -0.3 is 9.47 Å². The summed E-state index contributed by atoms with van der Waals surface area (Å²) < 4.78 is 12.9. The van der Waals surface area contributed by atoms with Crippen molar-refractivity contribution in [2.45, 2.75) is 19.9 Å². The van der Waals surface area contributed by atoms with Crippen LogP contribution in [0.1, 0.15) is 12.0 Å². The summed E-state index contributed by atoms with van der Waals surface area (Å²) in [6, 6.07) is 20.5. The largest absolute Gasteiger partial charge is 0.497 e. The number of rotatable bonds is 7. The van der Waals surface area contributed by atoms with Crippen molar-refractivity contribution in [1.29, 1.82) is 0 Å². The average Bonchev–Trinajstić information content (AvgIpc) is 2.79. The molecule has 0 unspecified atom stereocenters. The maximum atomic E-state index is 13.2. The fourth-order valence-electron chi connectivity index (χ4n) is 3.52. The van der Waals surface area contributed by atoms with E-state index in [9.17, 15) is 4.79 Å². The van der Waals surface area contributed by atoms with Gasteiger partial charge in [0.2, 0.25) is 0 Å². The fourth-order valence-corrected chi connectivity index (χ4v) is 3.74. The molecule has 0 saturated carbocycles. The number of aromatic nitrogens is 2. The Morgan fingerprint density at radius 2 is 1.81 bits per heavy atom. The van der Waals surface area contributed by atoms with Crippen LogP contribution in [-0.4, -0.2) is 23.3 Å². The molecule has 0 aliphatic heterocycles. The van der Waals surface area contributed by atoms with E-state index in [1.54, 1.807) is 11.7 Å². The highest BCUT2D eigenvalue weighted by molar-refractivity contribution is 6.30. The first-order chi connectivity index (χ1) is 15.1. The minimum absolute atomic E-state index is 0.0564. The van der Waals surface area contributed by atoms with Gasteiger partial charge in [-0.25, -0.2) is 4.98 Å². The van der Waals surface area contributed by atoms with Crippen LogP contribution in [0.3, 0.4) is 0 Å². The van der Waals surface area contributed by atoms with Gasteiger partial charge in [0, 0.05) is 17.1 Å². The minimum Gasteiger partial charge on any atom is -0.497 e. The van der Waals surface area contributed by atoms with E-state index >= 15 is 0 Å². The molecule has 4 rings (SSSR count). The Morgan fingerprint density at radius 3 is 2.55 bits per heavy atom.